The average Bonchev–Trinajstić information content (AvgIpc) is 3.26. The van der Waals surface area contributed by atoms with Crippen molar-refractivity contribution in [1.82, 2.24) is 9.78 Å². The van der Waals surface area contributed by atoms with Crippen LogP contribution in [0.1, 0.15) is 26.3 Å². The second kappa shape index (κ2) is 9.85. The number of hydrogen-bond donors (Lipinski definition) is 1. The Kier molecular flexibility index (Phi) is 6.46. The molecule has 5 rings (SSSR count). The van der Waals surface area contributed by atoms with Crippen molar-refractivity contribution in [2.24, 2.45) is 0 Å². The van der Waals surface area contributed by atoms with Crippen molar-refractivity contribution in [2.45, 2.75) is 6.61 Å². The Labute approximate surface area is 216 Å². The fraction of sp³-hybridized carbons (Fsp3) is 0.0357. The second-order valence-corrected chi connectivity index (χ2v) is 8.84. The molecular formula is C28H18Cl2N2O4. The summed E-state index contributed by atoms with van der Waals surface area (Å²) in [6, 6.07) is 25.9. The number of carbonyl (C=O) groups excluding carboxylic acids is 1. The molecule has 36 heavy (non-hydrogen) atoms. The summed E-state index contributed by atoms with van der Waals surface area (Å²) in [6.07, 6.45) is 0. The first-order chi connectivity index (χ1) is 17.4. The third-order valence-electron chi connectivity index (χ3n) is 5.66. The van der Waals surface area contributed by atoms with Crippen LogP contribution in [0.15, 0.2) is 91.0 Å². The van der Waals surface area contributed by atoms with Crippen LogP contribution >= 0.6 is 23.2 Å². The normalized spacial score (nSPS) is 10.9. The molecule has 0 unspecified atom stereocenters. The highest BCUT2D eigenvalue weighted by atomic mass is 35.5. The molecule has 0 radical (unpaired) electrons. The van der Waals surface area contributed by atoms with Crippen LogP contribution < -0.4 is 4.74 Å². The van der Waals surface area contributed by atoms with E-state index in [1.807, 2.05) is 30.3 Å². The third kappa shape index (κ3) is 4.56. The first-order valence-electron chi connectivity index (χ1n) is 10.9. The van der Waals surface area contributed by atoms with Crippen LogP contribution in [0.4, 0.5) is 0 Å². The van der Waals surface area contributed by atoms with Gasteiger partial charge in [-0.05, 0) is 54.1 Å². The first kappa shape index (κ1) is 23.6. The number of aromatic carboxylic acids is 1. The zero-order chi connectivity index (χ0) is 25.2. The Morgan fingerprint density at radius 1 is 0.889 bits per heavy atom. The molecule has 0 fully saturated rings. The van der Waals surface area contributed by atoms with E-state index in [-0.39, 0.29) is 12.2 Å². The molecule has 6 nitrogen and oxygen atoms in total. The Morgan fingerprint density at radius 2 is 1.64 bits per heavy atom. The minimum Gasteiger partial charge on any atom is -0.488 e. The van der Waals surface area contributed by atoms with Crippen LogP contribution in [0, 0.1) is 0 Å². The van der Waals surface area contributed by atoms with Crippen molar-refractivity contribution in [1.29, 1.82) is 0 Å². The maximum atomic E-state index is 13.4. The predicted octanol–water partition coefficient (Wildman–Crippen LogP) is 6.98. The number of carboxylic acid groups (broad SMARTS) is 1. The largest absolute Gasteiger partial charge is 0.488 e. The highest BCUT2D eigenvalue weighted by molar-refractivity contribution is 6.34. The van der Waals surface area contributed by atoms with Crippen molar-refractivity contribution in [3.05, 3.63) is 118 Å². The molecule has 0 saturated carbocycles. The van der Waals surface area contributed by atoms with E-state index in [1.165, 1.54) is 16.8 Å². The van der Waals surface area contributed by atoms with Crippen LogP contribution in [0.2, 0.25) is 10.0 Å². The van der Waals surface area contributed by atoms with Crippen molar-refractivity contribution in [3.63, 3.8) is 0 Å². The van der Waals surface area contributed by atoms with E-state index in [4.69, 9.17) is 27.9 Å². The molecule has 0 spiro atoms. The smallest absolute Gasteiger partial charge is 0.335 e. The number of ether oxygens (including phenoxy) is 1. The third-order valence-corrected chi connectivity index (χ3v) is 6.22. The van der Waals surface area contributed by atoms with Gasteiger partial charge in [-0.3, -0.25) is 4.79 Å². The highest BCUT2D eigenvalue weighted by Gasteiger charge is 2.23. The van der Waals surface area contributed by atoms with E-state index in [0.717, 1.165) is 5.56 Å². The molecule has 8 heteroatoms. The van der Waals surface area contributed by atoms with Gasteiger partial charge in [0.05, 0.1) is 21.7 Å². The number of fused-ring (bicyclic) bond motifs is 1. The van der Waals surface area contributed by atoms with E-state index in [0.29, 0.717) is 43.5 Å². The summed E-state index contributed by atoms with van der Waals surface area (Å²) in [5, 5.41) is 15.5. The monoisotopic (exact) mass is 516 g/mol. The van der Waals surface area contributed by atoms with Crippen molar-refractivity contribution in [2.75, 3.05) is 0 Å². The lowest BCUT2D eigenvalue weighted by molar-refractivity contribution is 0.0696. The van der Waals surface area contributed by atoms with Gasteiger partial charge in [-0.25, -0.2) is 4.79 Å². The lowest BCUT2D eigenvalue weighted by Gasteiger charge is -2.12. The van der Waals surface area contributed by atoms with Gasteiger partial charge in [-0.15, -0.1) is 0 Å². The zero-order valence-corrected chi connectivity index (χ0v) is 20.2. The summed E-state index contributed by atoms with van der Waals surface area (Å²) in [5.74, 6) is -1.18. The molecule has 0 aliphatic rings. The van der Waals surface area contributed by atoms with Crippen LogP contribution in [0.5, 0.6) is 5.75 Å². The van der Waals surface area contributed by atoms with Gasteiger partial charge in [-0.2, -0.15) is 9.78 Å². The topological polar surface area (TPSA) is 81.4 Å². The van der Waals surface area contributed by atoms with E-state index < -0.39 is 11.9 Å². The SMILES string of the molecule is O=C(O)c1ccc(-c2nn(C(=O)c3ccccc3Cl)c3ccc(Cl)cc23)c(OCc2ccccc2)c1. The van der Waals surface area contributed by atoms with Crippen molar-refractivity contribution >= 4 is 46.0 Å². The summed E-state index contributed by atoms with van der Waals surface area (Å²) < 4.78 is 7.34. The van der Waals surface area contributed by atoms with Gasteiger partial charge >= 0.3 is 5.97 Å². The van der Waals surface area contributed by atoms with E-state index in [2.05, 4.69) is 5.10 Å². The molecule has 1 N–H and O–H groups in total. The number of hydrogen-bond acceptors (Lipinski definition) is 4. The van der Waals surface area contributed by atoms with E-state index in [1.54, 1.807) is 48.5 Å². The zero-order valence-electron chi connectivity index (χ0n) is 18.7. The Hall–Kier alpha value is -4.13. The van der Waals surface area contributed by atoms with Crippen molar-refractivity contribution < 1.29 is 19.4 Å². The minimum absolute atomic E-state index is 0.0655. The van der Waals surface area contributed by atoms with Gasteiger partial charge in [0.2, 0.25) is 0 Å². The van der Waals surface area contributed by atoms with Gasteiger partial charge < -0.3 is 9.84 Å². The molecule has 0 saturated heterocycles. The number of halogens is 2. The maximum absolute atomic E-state index is 13.4. The number of carboxylic acids is 1. The summed E-state index contributed by atoms with van der Waals surface area (Å²) in [5.41, 5.74) is 2.75. The van der Waals surface area contributed by atoms with Crippen LogP contribution in [0.25, 0.3) is 22.2 Å². The van der Waals surface area contributed by atoms with Gasteiger partial charge in [0.15, 0.2) is 0 Å². The molecule has 1 aromatic heterocycles. The molecule has 4 aromatic carbocycles. The highest BCUT2D eigenvalue weighted by Crippen LogP contribution is 2.37. The van der Waals surface area contributed by atoms with Crippen molar-refractivity contribution in [3.8, 4) is 17.0 Å². The average molecular weight is 517 g/mol. The lowest BCUT2D eigenvalue weighted by atomic mass is 10.0. The number of nitrogens with zero attached hydrogens (tertiary/aromatic N) is 2. The number of carbonyl (C=O) groups is 2. The Bertz CT molecular complexity index is 1610. The molecule has 0 amide bonds. The molecule has 0 bridgehead atoms. The Balaban J connectivity index is 1.67. The van der Waals surface area contributed by atoms with Gasteiger partial charge in [0.25, 0.3) is 5.91 Å². The van der Waals surface area contributed by atoms with Gasteiger partial charge in [0.1, 0.15) is 18.1 Å². The fourth-order valence-corrected chi connectivity index (χ4v) is 4.29. The van der Waals surface area contributed by atoms with Crippen LogP contribution in [0.3, 0.4) is 0 Å². The first-order valence-corrected chi connectivity index (χ1v) is 11.7. The van der Waals surface area contributed by atoms with E-state index >= 15 is 0 Å². The summed E-state index contributed by atoms with van der Waals surface area (Å²) in [6.45, 7) is 0.217. The second-order valence-electron chi connectivity index (χ2n) is 8.00. The number of rotatable bonds is 6. The lowest BCUT2D eigenvalue weighted by Crippen LogP contribution is -2.14. The number of benzene rings is 4. The maximum Gasteiger partial charge on any atom is 0.335 e. The molecule has 1 heterocycles. The summed E-state index contributed by atoms with van der Waals surface area (Å²) >= 11 is 12.6. The molecular weight excluding hydrogens is 499 g/mol. The molecule has 0 aliphatic carbocycles. The Morgan fingerprint density at radius 3 is 2.39 bits per heavy atom. The van der Waals surface area contributed by atoms with Gasteiger partial charge in [0, 0.05) is 16.0 Å². The minimum atomic E-state index is -1.08. The predicted molar refractivity (Wildman–Crippen MR) is 139 cm³/mol. The van der Waals surface area contributed by atoms with Crippen LogP contribution in [-0.4, -0.2) is 26.8 Å². The summed E-state index contributed by atoms with van der Waals surface area (Å²) in [7, 11) is 0. The van der Waals surface area contributed by atoms with Gasteiger partial charge in [-0.1, -0.05) is 65.7 Å². The molecule has 178 valence electrons. The standard InChI is InChI=1S/C28H18Cl2N2O4/c29-19-11-13-24-22(15-19)26(31-32(24)27(33)20-8-4-5-9-23(20)30)21-12-10-18(28(34)35)14-25(21)36-16-17-6-2-1-3-7-17/h1-15H,16H2,(H,34,35). The molecule has 0 atom stereocenters. The molecule has 0 aliphatic heterocycles. The summed E-state index contributed by atoms with van der Waals surface area (Å²) in [4.78, 5) is 25.1. The number of aromatic nitrogens is 2. The molecule has 5 aromatic rings. The fourth-order valence-electron chi connectivity index (χ4n) is 3.90. The van der Waals surface area contributed by atoms with Crippen LogP contribution in [-0.2, 0) is 6.61 Å². The van der Waals surface area contributed by atoms with E-state index in [9.17, 15) is 14.7 Å². The quantitative estimate of drug-likeness (QED) is 0.263.